The molecule has 10 nitrogen and oxygen atoms in total. The fraction of sp³-hybridized carbons (Fsp3) is 0.143. The number of amidine groups is 1. The number of nitrogens with one attached hydrogen (secondary N) is 1. The smallest absolute Gasteiger partial charge is 0.335 e. The van der Waals surface area contributed by atoms with Gasteiger partial charge in [-0.1, -0.05) is 41.9 Å². The van der Waals surface area contributed by atoms with Crippen LogP contribution in [0.15, 0.2) is 101 Å². The Morgan fingerprint density at radius 3 is 2.38 bits per heavy atom. The van der Waals surface area contributed by atoms with Gasteiger partial charge in [0, 0.05) is 5.69 Å². The average molecular weight is 672 g/mol. The van der Waals surface area contributed by atoms with Crippen LogP contribution in [0.5, 0.6) is 17.2 Å². The predicted octanol–water partition coefficient (Wildman–Crippen LogP) is 7.27. The Balaban J connectivity index is 1.41. The molecule has 1 heterocycles. The number of benzene rings is 4. The summed E-state index contributed by atoms with van der Waals surface area (Å²) in [7, 11) is 1.57. The molecule has 1 saturated heterocycles. The SMILES string of the molecule is CCOc1cc(/C=C2\SC(=Nc3ccc(OC)cc3)N(Cc3ccc(C(=O)O)cc3)C2=O)cc(Cl)c1OCC(=O)Nc1ccccc1. The summed E-state index contributed by atoms with van der Waals surface area (Å²) in [5.41, 5.74) is 2.71. The number of carboxylic acid groups (broad SMARTS) is 1. The van der Waals surface area contributed by atoms with Crippen molar-refractivity contribution in [3.05, 3.63) is 118 Å². The molecule has 5 rings (SSSR count). The molecule has 2 N–H and O–H groups in total. The van der Waals surface area contributed by atoms with Crippen LogP contribution in [-0.4, -0.2) is 53.3 Å². The third-order valence-electron chi connectivity index (χ3n) is 6.76. The lowest BCUT2D eigenvalue weighted by Crippen LogP contribution is -2.28. The molecular weight excluding hydrogens is 642 g/mol. The number of carboxylic acids is 1. The van der Waals surface area contributed by atoms with Crippen molar-refractivity contribution < 1.29 is 33.7 Å². The first kappa shape index (κ1) is 33.1. The van der Waals surface area contributed by atoms with E-state index in [0.717, 1.165) is 5.56 Å². The number of hydrogen-bond acceptors (Lipinski definition) is 8. The van der Waals surface area contributed by atoms with Crippen molar-refractivity contribution >= 4 is 63.8 Å². The van der Waals surface area contributed by atoms with E-state index >= 15 is 0 Å². The molecule has 12 heteroatoms. The fourth-order valence-corrected chi connectivity index (χ4v) is 5.79. The first-order valence-corrected chi connectivity index (χ1v) is 15.6. The summed E-state index contributed by atoms with van der Waals surface area (Å²) in [6.45, 7) is 1.99. The maximum Gasteiger partial charge on any atom is 0.335 e. The van der Waals surface area contributed by atoms with Gasteiger partial charge in [-0.25, -0.2) is 9.79 Å². The molecule has 0 aromatic heterocycles. The average Bonchev–Trinajstić information content (AvgIpc) is 3.34. The second kappa shape index (κ2) is 15.4. The molecule has 0 saturated carbocycles. The molecule has 0 atom stereocenters. The Labute approximate surface area is 280 Å². The lowest BCUT2D eigenvalue weighted by atomic mass is 10.1. The zero-order chi connectivity index (χ0) is 33.3. The number of halogens is 1. The van der Waals surface area contributed by atoms with E-state index in [2.05, 4.69) is 5.32 Å². The van der Waals surface area contributed by atoms with Gasteiger partial charge in [0.2, 0.25) is 0 Å². The molecule has 0 radical (unpaired) electrons. The number of carbonyl (C=O) groups is 3. The van der Waals surface area contributed by atoms with E-state index in [1.807, 2.05) is 25.1 Å². The first-order chi connectivity index (χ1) is 22.7. The van der Waals surface area contributed by atoms with Crippen LogP contribution in [-0.2, 0) is 16.1 Å². The monoisotopic (exact) mass is 671 g/mol. The number of carbonyl (C=O) groups excluding carboxylic acids is 2. The van der Waals surface area contributed by atoms with Gasteiger partial charge in [-0.15, -0.1) is 0 Å². The lowest BCUT2D eigenvalue weighted by Gasteiger charge is -2.16. The summed E-state index contributed by atoms with van der Waals surface area (Å²) < 4.78 is 16.8. The normalized spacial score (nSPS) is 14.4. The first-order valence-electron chi connectivity index (χ1n) is 14.4. The van der Waals surface area contributed by atoms with Crippen molar-refractivity contribution in [1.82, 2.24) is 4.90 Å². The molecule has 4 aromatic carbocycles. The number of amides is 2. The van der Waals surface area contributed by atoms with Crippen molar-refractivity contribution in [2.45, 2.75) is 13.5 Å². The van der Waals surface area contributed by atoms with Crippen LogP contribution in [0, 0.1) is 0 Å². The number of nitrogens with zero attached hydrogens (tertiary/aromatic N) is 2. The van der Waals surface area contributed by atoms with Crippen molar-refractivity contribution in [2.24, 2.45) is 4.99 Å². The number of anilines is 1. The van der Waals surface area contributed by atoms with Crippen molar-refractivity contribution in [3.63, 3.8) is 0 Å². The highest BCUT2D eigenvalue weighted by atomic mass is 35.5. The highest BCUT2D eigenvalue weighted by Gasteiger charge is 2.34. The molecular formula is C35H30ClN3O7S. The predicted molar refractivity (Wildman–Crippen MR) is 183 cm³/mol. The summed E-state index contributed by atoms with van der Waals surface area (Å²) in [5, 5.41) is 12.7. The van der Waals surface area contributed by atoms with Gasteiger partial charge in [-0.05, 0) is 96.6 Å². The maximum absolute atomic E-state index is 13.8. The number of para-hydroxylation sites is 1. The summed E-state index contributed by atoms with van der Waals surface area (Å²) in [6.07, 6.45) is 1.68. The van der Waals surface area contributed by atoms with E-state index in [1.165, 1.54) is 28.8 Å². The molecule has 1 fully saturated rings. The molecule has 240 valence electrons. The lowest BCUT2D eigenvalue weighted by molar-refractivity contribution is -0.122. The van der Waals surface area contributed by atoms with Crippen LogP contribution in [0.3, 0.4) is 0 Å². The zero-order valence-corrected chi connectivity index (χ0v) is 27.0. The van der Waals surface area contributed by atoms with Crippen molar-refractivity contribution in [1.29, 1.82) is 0 Å². The van der Waals surface area contributed by atoms with Gasteiger partial charge >= 0.3 is 5.97 Å². The van der Waals surface area contributed by atoms with Crippen LogP contribution < -0.4 is 19.5 Å². The molecule has 47 heavy (non-hydrogen) atoms. The topological polar surface area (TPSA) is 127 Å². The number of methoxy groups -OCH3 is 1. The van der Waals surface area contributed by atoms with E-state index in [4.69, 9.17) is 30.8 Å². The second-order valence-electron chi connectivity index (χ2n) is 10.1. The Bertz CT molecular complexity index is 1830. The number of hydrogen-bond donors (Lipinski definition) is 2. The summed E-state index contributed by atoms with van der Waals surface area (Å²) in [6, 6.07) is 25.8. The third kappa shape index (κ3) is 8.51. The molecule has 2 amide bonds. The van der Waals surface area contributed by atoms with Crippen molar-refractivity contribution in [2.75, 3.05) is 25.6 Å². The Morgan fingerprint density at radius 1 is 1.00 bits per heavy atom. The number of aliphatic imine (C=N–C) groups is 1. The van der Waals surface area contributed by atoms with E-state index in [-0.39, 0.29) is 41.3 Å². The summed E-state index contributed by atoms with van der Waals surface area (Å²) in [4.78, 5) is 44.2. The highest BCUT2D eigenvalue weighted by molar-refractivity contribution is 8.18. The van der Waals surface area contributed by atoms with E-state index in [9.17, 15) is 19.5 Å². The van der Waals surface area contributed by atoms with Gasteiger partial charge in [0.05, 0.1) is 41.4 Å². The third-order valence-corrected chi connectivity index (χ3v) is 8.05. The Morgan fingerprint density at radius 2 is 1.72 bits per heavy atom. The zero-order valence-electron chi connectivity index (χ0n) is 25.4. The van der Waals surface area contributed by atoms with Gasteiger partial charge in [0.15, 0.2) is 23.3 Å². The quantitative estimate of drug-likeness (QED) is 0.151. The largest absolute Gasteiger partial charge is 0.497 e. The second-order valence-corrected chi connectivity index (χ2v) is 11.5. The van der Waals surface area contributed by atoms with Gasteiger partial charge in [0.1, 0.15) is 5.75 Å². The van der Waals surface area contributed by atoms with Crippen LogP contribution >= 0.6 is 23.4 Å². The minimum absolute atomic E-state index is 0.148. The number of rotatable bonds is 12. The van der Waals surface area contributed by atoms with Gasteiger partial charge in [-0.3, -0.25) is 14.5 Å². The van der Waals surface area contributed by atoms with Gasteiger partial charge in [-0.2, -0.15) is 0 Å². The molecule has 0 aliphatic carbocycles. The van der Waals surface area contributed by atoms with Gasteiger partial charge in [0.25, 0.3) is 11.8 Å². The summed E-state index contributed by atoms with van der Waals surface area (Å²) >= 11 is 7.82. The fourth-order valence-electron chi connectivity index (χ4n) is 4.52. The standard InChI is InChI=1S/C35H30ClN3O7S/c1-3-45-29-18-23(17-28(36)32(29)46-21-31(40)37-25-7-5-4-6-8-25)19-30-33(41)39(20-22-9-11-24(12-10-22)34(42)43)35(47-30)38-26-13-15-27(44-2)16-14-26/h4-19H,3,20-21H2,1-2H3,(H,37,40)(H,42,43)/b30-19-,38-35?. The van der Waals surface area contributed by atoms with Gasteiger partial charge < -0.3 is 24.6 Å². The number of aromatic carboxylic acids is 1. The number of ether oxygens (including phenoxy) is 3. The molecule has 1 aliphatic rings. The van der Waals surface area contributed by atoms with Crippen LogP contribution in [0.1, 0.15) is 28.4 Å². The molecule has 1 aliphatic heterocycles. The van der Waals surface area contributed by atoms with Crippen LogP contribution in [0.2, 0.25) is 5.02 Å². The Hall–Kier alpha value is -5.26. The van der Waals surface area contributed by atoms with Crippen LogP contribution in [0.25, 0.3) is 6.08 Å². The minimum Gasteiger partial charge on any atom is -0.497 e. The Kier molecular flexibility index (Phi) is 10.8. The summed E-state index contributed by atoms with van der Waals surface area (Å²) in [5.74, 6) is -0.499. The minimum atomic E-state index is -1.03. The highest BCUT2D eigenvalue weighted by Crippen LogP contribution is 2.40. The van der Waals surface area contributed by atoms with E-state index < -0.39 is 5.97 Å². The number of thioether (sulfide) groups is 1. The molecule has 0 unspecified atom stereocenters. The van der Waals surface area contributed by atoms with E-state index in [1.54, 1.807) is 73.8 Å². The molecule has 0 bridgehead atoms. The van der Waals surface area contributed by atoms with Crippen molar-refractivity contribution in [3.8, 4) is 17.2 Å². The molecule has 0 spiro atoms. The maximum atomic E-state index is 13.8. The van der Waals surface area contributed by atoms with Crippen LogP contribution in [0.4, 0.5) is 11.4 Å². The van der Waals surface area contributed by atoms with E-state index in [0.29, 0.717) is 45.1 Å². The molecule has 4 aromatic rings.